The van der Waals surface area contributed by atoms with Crippen molar-refractivity contribution < 1.29 is 0 Å². The summed E-state index contributed by atoms with van der Waals surface area (Å²) < 4.78 is 0. The molecule has 0 aliphatic carbocycles. The van der Waals surface area contributed by atoms with Gasteiger partial charge in [0.05, 0.1) is 11.4 Å². The SMILES string of the molecule is Cc1nc(C2CN(Cc3ccccc3)CC2C)nnc1CN. The number of benzene rings is 1. The second-order valence-electron chi connectivity index (χ2n) is 6.17. The van der Waals surface area contributed by atoms with Gasteiger partial charge < -0.3 is 5.73 Å². The summed E-state index contributed by atoms with van der Waals surface area (Å²) in [5, 5.41) is 8.55. The van der Waals surface area contributed by atoms with E-state index in [9.17, 15) is 0 Å². The normalized spacial score (nSPS) is 22.1. The zero-order valence-electron chi connectivity index (χ0n) is 13.2. The van der Waals surface area contributed by atoms with Gasteiger partial charge in [-0.2, -0.15) is 5.10 Å². The molecule has 3 rings (SSSR count). The van der Waals surface area contributed by atoms with Crippen LogP contribution in [0.25, 0.3) is 0 Å². The zero-order valence-corrected chi connectivity index (χ0v) is 13.2. The van der Waals surface area contributed by atoms with Crippen molar-refractivity contribution in [2.45, 2.75) is 32.9 Å². The Morgan fingerprint density at radius 3 is 2.64 bits per heavy atom. The summed E-state index contributed by atoms with van der Waals surface area (Å²) in [6.45, 7) is 7.66. The highest BCUT2D eigenvalue weighted by Gasteiger charge is 2.33. The summed E-state index contributed by atoms with van der Waals surface area (Å²) >= 11 is 0. The number of hydrogen-bond acceptors (Lipinski definition) is 5. The van der Waals surface area contributed by atoms with Crippen molar-refractivity contribution in [3.8, 4) is 0 Å². The summed E-state index contributed by atoms with van der Waals surface area (Å²) in [7, 11) is 0. The molecule has 1 saturated heterocycles. The van der Waals surface area contributed by atoms with E-state index in [1.165, 1.54) is 5.56 Å². The fraction of sp³-hybridized carbons (Fsp3) is 0.471. The lowest BCUT2D eigenvalue weighted by atomic mass is 9.97. The Labute approximate surface area is 131 Å². The van der Waals surface area contributed by atoms with Gasteiger partial charge in [0.15, 0.2) is 5.82 Å². The first-order chi connectivity index (χ1) is 10.7. The minimum Gasteiger partial charge on any atom is -0.325 e. The fourth-order valence-corrected chi connectivity index (χ4v) is 3.16. The van der Waals surface area contributed by atoms with E-state index in [1.807, 2.05) is 6.92 Å². The number of rotatable bonds is 4. The number of aryl methyl sites for hydroxylation is 1. The summed E-state index contributed by atoms with van der Waals surface area (Å²) in [4.78, 5) is 7.11. The monoisotopic (exact) mass is 297 g/mol. The van der Waals surface area contributed by atoms with Crippen molar-refractivity contribution >= 4 is 0 Å². The molecule has 1 fully saturated rings. The van der Waals surface area contributed by atoms with Crippen LogP contribution in [0.5, 0.6) is 0 Å². The molecule has 1 aliphatic rings. The number of likely N-dealkylation sites (tertiary alicyclic amines) is 1. The third-order valence-corrected chi connectivity index (χ3v) is 4.44. The fourth-order valence-electron chi connectivity index (χ4n) is 3.16. The van der Waals surface area contributed by atoms with Gasteiger partial charge in [-0.15, -0.1) is 5.10 Å². The van der Waals surface area contributed by atoms with E-state index in [1.54, 1.807) is 0 Å². The number of nitrogens with zero attached hydrogens (tertiary/aromatic N) is 4. The van der Waals surface area contributed by atoms with Gasteiger partial charge >= 0.3 is 0 Å². The molecule has 116 valence electrons. The van der Waals surface area contributed by atoms with Gasteiger partial charge in [0, 0.05) is 32.1 Å². The molecule has 1 aromatic heterocycles. The predicted octanol–water partition coefficient (Wildman–Crippen LogP) is 1.87. The summed E-state index contributed by atoms with van der Waals surface area (Å²) in [6.07, 6.45) is 0. The molecular weight excluding hydrogens is 274 g/mol. The van der Waals surface area contributed by atoms with Gasteiger partial charge in [-0.05, 0) is 18.4 Å². The molecule has 1 aromatic carbocycles. The van der Waals surface area contributed by atoms with E-state index in [0.717, 1.165) is 36.8 Å². The van der Waals surface area contributed by atoms with Crippen LogP contribution in [0.15, 0.2) is 30.3 Å². The molecule has 2 atom stereocenters. The van der Waals surface area contributed by atoms with Gasteiger partial charge in [0.1, 0.15) is 0 Å². The predicted molar refractivity (Wildman–Crippen MR) is 86.1 cm³/mol. The molecular formula is C17H23N5. The minimum absolute atomic E-state index is 0.349. The Hall–Kier alpha value is -1.85. The smallest absolute Gasteiger partial charge is 0.155 e. The Bertz CT molecular complexity index is 628. The highest BCUT2D eigenvalue weighted by Crippen LogP contribution is 2.31. The first-order valence-electron chi connectivity index (χ1n) is 7.84. The Morgan fingerprint density at radius 2 is 1.95 bits per heavy atom. The molecule has 2 unspecified atom stereocenters. The average Bonchev–Trinajstić information content (AvgIpc) is 2.88. The largest absolute Gasteiger partial charge is 0.325 e. The molecule has 2 heterocycles. The third-order valence-electron chi connectivity index (χ3n) is 4.44. The van der Waals surface area contributed by atoms with Crippen LogP contribution >= 0.6 is 0 Å². The van der Waals surface area contributed by atoms with Crippen LogP contribution in [0.1, 0.15) is 35.6 Å². The molecule has 0 spiro atoms. The maximum atomic E-state index is 5.64. The van der Waals surface area contributed by atoms with Gasteiger partial charge in [0.25, 0.3) is 0 Å². The molecule has 0 amide bonds. The topological polar surface area (TPSA) is 67.9 Å². The number of aromatic nitrogens is 3. The molecule has 2 aromatic rings. The van der Waals surface area contributed by atoms with Crippen LogP contribution in [0, 0.1) is 12.8 Å². The minimum atomic E-state index is 0.349. The Morgan fingerprint density at radius 1 is 1.18 bits per heavy atom. The van der Waals surface area contributed by atoms with Gasteiger partial charge in [-0.1, -0.05) is 37.3 Å². The van der Waals surface area contributed by atoms with Gasteiger partial charge in [-0.3, -0.25) is 4.90 Å². The summed E-state index contributed by atoms with van der Waals surface area (Å²) in [6, 6.07) is 10.6. The molecule has 22 heavy (non-hydrogen) atoms. The molecule has 0 saturated carbocycles. The van der Waals surface area contributed by atoms with Crippen molar-refractivity contribution in [1.29, 1.82) is 0 Å². The van der Waals surface area contributed by atoms with Crippen molar-refractivity contribution in [1.82, 2.24) is 20.1 Å². The zero-order chi connectivity index (χ0) is 15.5. The maximum absolute atomic E-state index is 5.64. The highest BCUT2D eigenvalue weighted by atomic mass is 15.2. The van der Waals surface area contributed by atoms with E-state index in [-0.39, 0.29) is 0 Å². The van der Waals surface area contributed by atoms with Crippen molar-refractivity contribution in [2.75, 3.05) is 13.1 Å². The quantitative estimate of drug-likeness (QED) is 0.933. The lowest BCUT2D eigenvalue weighted by molar-refractivity contribution is 0.318. The lowest BCUT2D eigenvalue weighted by Crippen LogP contribution is -2.20. The molecule has 5 nitrogen and oxygen atoms in total. The average molecular weight is 297 g/mol. The van der Waals surface area contributed by atoms with Crippen LogP contribution in [-0.2, 0) is 13.1 Å². The molecule has 5 heteroatoms. The highest BCUT2D eigenvalue weighted by molar-refractivity contribution is 5.16. The number of hydrogen-bond donors (Lipinski definition) is 1. The van der Waals surface area contributed by atoms with Crippen molar-refractivity contribution in [3.63, 3.8) is 0 Å². The first kappa shape index (κ1) is 15.1. The third kappa shape index (κ3) is 3.15. The standard InChI is InChI=1S/C17H23N5/c1-12-9-22(10-14-6-4-3-5-7-14)11-15(12)17-19-13(2)16(8-18)20-21-17/h3-7,12,15H,8-11,18H2,1-2H3. The van der Waals surface area contributed by atoms with E-state index in [4.69, 9.17) is 5.73 Å². The summed E-state index contributed by atoms with van der Waals surface area (Å²) in [5.41, 5.74) is 8.68. The second-order valence-corrected chi connectivity index (χ2v) is 6.17. The Balaban J connectivity index is 1.72. The molecule has 0 bridgehead atoms. The van der Waals surface area contributed by atoms with Crippen LogP contribution < -0.4 is 5.73 Å². The maximum Gasteiger partial charge on any atom is 0.155 e. The van der Waals surface area contributed by atoms with Crippen LogP contribution in [-0.4, -0.2) is 33.2 Å². The van der Waals surface area contributed by atoms with Gasteiger partial charge in [-0.25, -0.2) is 4.98 Å². The Kier molecular flexibility index (Phi) is 4.45. The summed E-state index contributed by atoms with van der Waals surface area (Å²) in [5.74, 6) is 1.74. The second kappa shape index (κ2) is 6.50. The van der Waals surface area contributed by atoms with E-state index in [0.29, 0.717) is 18.4 Å². The lowest BCUT2D eigenvalue weighted by Gasteiger charge is -2.15. The first-order valence-corrected chi connectivity index (χ1v) is 7.84. The molecule has 2 N–H and O–H groups in total. The van der Waals surface area contributed by atoms with Crippen molar-refractivity contribution in [3.05, 3.63) is 53.1 Å². The molecule has 1 aliphatic heterocycles. The van der Waals surface area contributed by atoms with Gasteiger partial charge in [0.2, 0.25) is 0 Å². The van der Waals surface area contributed by atoms with Crippen LogP contribution in [0.2, 0.25) is 0 Å². The van der Waals surface area contributed by atoms with Crippen LogP contribution in [0.4, 0.5) is 0 Å². The van der Waals surface area contributed by atoms with E-state index >= 15 is 0 Å². The van der Waals surface area contributed by atoms with E-state index < -0.39 is 0 Å². The number of nitrogens with two attached hydrogens (primary N) is 1. The van der Waals surface area contributed by atoms with Crippen LogP contribution in [0.3, 0.4) is 0 Å². The molecule has 0 radical (unpaired) electrons. The van der Waals surface area contributed by atoms with Crippen molar-refractivity contribution in [2.24, 2.45) is 11.7 Å². The van der Waals surface area contributed by atoms with E-state index in [2.05, 4.69) is 57.3 Å².